The molecule has 144 valence electrons. The van der Waals surface area contributed by atoms with Crippen molar-refractivity contribution in [2.45, 2.75) is 38.8 Å². The SMILES string of the molecule is COCCN1CCCC1CNC(=O)CNC(=O)[C@@H](N)C(C)C.Cl.Cl. The van der Waals surface area contributed by atoms with Crippen molar-refractivity contribution in [3.63, 3.8) is 0 Å². The number of carbonyl (C=O) groups is 2. The summed E-state index contributed by atoms with van der Waals surface area (Å²) >= 11 is 0. The normalized spacial score (nSPS) is 18.5. The third kappa shape index (κ3) is 9.03. The molecule has 24 heavy (non-hydrogen) atoms. The van der Waals surface area contributed by atoms with Crippen molar-refractivity contribution < 1.29 is 14.3 Å². The van der Waals surface area contributed by atoms with Crippen LogP contribution in [0.25, 0.3) is 0 Å². The standard InChI is InChI=1S/C15H30N4O3.2ClH/c1-11(2)14(16)15(21)18-10-13(20)17-9-12-5-4-6-19(12)7-8-22-3;;/h11-12,14H,4-10,16H2,1-3H3,(H,17,20)(H,18,21);2*1H/t12?,14-;;/m0../s1. The molecule has 9 heteroatoms. The fourth-order valence-electron chi connectivity index (χ4n) is 2.51. The van der Waals surface area contributed by atoms with E-state index < -0.39 is 6.04 Å². The molecule has 1 unspecified atom stereocenters. The number of rotatable bonds is 9. The fraction of sp³-hybridized carbons (Fsp3) is 0.867. The summed E-state index contributed by atoms with van der Waals surface area (Å²) in [5, 5.41) is 5.45. The summed E-state index contributed by atoms with van der Waals surface area (Å²) in [5.74, 6) is -0.411. The highest BCUT2D eigenvalue weighted by Crippen LogP contribution is 2.15. The van der Waals surface area contributed by atoms with Gasteiger partial charge >= 0.3 is 0 Å². The number of halogens is 2. The Labute approximate surface area is 157 Å². The van der Waals surface area contributed by atoms with Crippen molar-refractivity contribution in [2.75, 3.05) is 39.9 Å². The van der Waals surface area contributed by atoms with Gasteiger partial charge < -0.3 is 21.1 Å². The number of nitrogens with two attached hydrogens (primary N) is 1. The molecule has 1 fully saturated rings. The van der Waals surface area contributed by atoms with Gasteiger partial charge in [0.05, 0.1) is 19.2 Å². The van der Waals surface area contributed by atoms with Gasteiger partial charge in [-0.3, -0.25) is 14.5 Å². The molecule has 0 aromatic carbocycles. The average Bonchev–Trinajstić information content (AvgIpc) is 2.94. The van der Waals surface area contributed by atoms with Gasteiger partial charge in [0.2, 0.25) is 11.8 Å². The van der Waals surface area contributed by atoms with E-state index in [-0.39, 0.29) is 49.1 Å². The van der Waals surface area contributed by atoms with Gasteiger partial charge in [0.25, 0.3) is 0 Å². The summed E-state index contributed by atoms with van der Waals surface area (Å²) in [5.41, 5.74) is 5.72. The van der Waals surface area contributed by atoms with Crippen LogP contribution >= 0.6 is 24.8 Å². The molecule has 2 amide bonds. The van der Waals surface area contributed by atoms with Crippen molar-refractivity contribution in [3.05, 3.63) is 0 Å². The van der Waals surface area contributed by atoms with Gasteiger partial charge in [0.1, 0.15) is 0 Å². The zero-order chi connectivity index (χ0) is 16.5. The van der Waals surface area contributed by atoms with E-state index in [1.807, 2.05) is 13.8 Å². The second-order valence-corrected chi connectivity index (χ2v) is 6.12. The van der Waals surface area contributed by atoms with Crippen LogP contribution in [0.2, 0.25) is 0 Å². The third-order valence-electron chi connectivity index (χ3n) is 4.06. The van der Waals surface area contributed by atoms with Crippen molar-refractivity contribution in [1.29, 1.82) is 0 Å². The Kier molecular flexibility index (Phi) is 14.6. The van der Waals surface area contributed by atoms with Crippen LogP contribution in [0.15, 0.2) is 0 Å². The van der Waals surface area contributed by atoms with Crippen molar-refractivity contribution in [1.82, 2.24) is 15.5 Å². The van der Waals surface area contributed by atoms with E-state index in [9.17, 15) is 9.59 Å². The predicted octanol–water partition coefficient (Wildman–Crippen LogP) is 0.157. The van der Waals surface area contributed by atoms with Crippen LogP contribution in [0.5, 0.6) is 0 Å². The first-order chi connectivity index (χ1) is 10.5. The Balaban J connectivity index is 0. The maximum atomic E-state index is 11.8. The van der Waals surface area contributed by atoms with Crippen LogP contribution < -0.4 is 16.4 Å². The van der Waals surface area contributed by atoms with Gasteiger partial charge in [-0.1, -0.05) is 13.8 Å². The lowest BCUT2D eigenvalue weighted by molar-refractivity contribution is -0.127. The van der Waals surface area contributed by atoms with Crippen molar-refractivity contribution in [2.24, 2.45) is 11.7 Å². The number of nitrogens with zero attached hydrogens (tertiary/aromatic N) is 1. The van der Waals surface area contributed by atoms with Crippen LogP contribution in [0.3, 0.4) is 0 Å². The minimum absolute atomic E-state index is 0. The second kappa shape index (κ2) is 13.7. The van der Waals surface area contributed by atoms with Crippen LogP contribution in [-0.4, -0.2) is 68.7 Å². The van der Waals surface area contributed by atoms with Gasteiger partial charge in [-0.2, -0.15) is 0 Å². The van der Waals surface area contributed by atoms with E-state index in [2.05, 4.69) is 15.5 Å². The molecule has 4 N–H and O–H groups in total. The Morgan fingerprint density at radius 2 is 1.96 bits per heavy atom. The summed E-state index contributed by atoms with van der Waals surface area (Å²) in [6, 6.07) is -0.222. The first kappa shape index (κ1) is 25.6. The van der Waals surface area contributed by atoms with Gasteiger partial charge in [0, 0.05) is 26.2 Å². The maximum Gasteiger partial charge on any atom is 0.239 e. The topological polar surface area (TPSA) is 96.7 Å². The van der Waals surface area contributed by atoms with Crippen LogP contribution in [0.4, 0.5) is 0 Å². The number of hydrogen-bond donors (Lipinski definition) is 3. The molecule has 1 aliphatic heterocycles. The summed E-state index contributed by atoms with van der Waals surface area (Å²) in [6.07, 6.45) is 2.22. The number of carbonyl (C=O) groups excluding carboxylic acids is 2. The molecule has 7 nitrogen and oxygen atoms in total. The van der Waals surface area contributed by atoms with E-state index in [0.29, 0.717) is 19.2 Å². The van der Waals surface area contributed by atoms with Crippen LogP contribution in [0.1, 0.15) is 26.7 Å². The van der Waals surface area contributed by atoms with Gasteiger partial charge in [-0.15, -0.1) is 24.8 Å². The summed E-state index contributed by atoms with van der Waals surface area (Å²) in [4.78, 5) is 25.8. The number of methoxy groups -OCH3 is 1. The molecular weight excluding hydrogens is 355 g/mol. The highest BCUT2D eigenvalue weighted by atomic mass is 35.5. The molecule has 0 bridgehead atoms. The first-order valence-corrected chi connectivity index (χ1v) is 7.98. The van der Waals surface area contributed by atoms with Gasteiger partial charge in [-0.05, 0) is 25.3 Å². The van der Waals surface area contributed by atoms with E-state index in [4.69, 9.17) is 10.5 Å². The lowest BCUT2D eigenvalue weighted by Gasteiger charge is -2.24. The number of hydrogen-bond acceptors (Lipinski definition) is 5. The first-order valence-electron chi connectivity index (χ1n) is 7.98. The number of nitrogens with one attached hydrogen (secondary N) is 2. The molecular formula is C15H32Cl2N4O3. The molecule has 0 saturated carbocycles. The largest absolute Gasteiger partial charge is 0.383 e. The smallest absolute Gasteiger partial charge is 0.239 e. The Bertz CT molecular complexity index is 373. The van der Waals surface area contributed by atoms with Gasteiger partial charge in [-0.25, -0.2) is 0 Å². The minimum atomic E-state index is -0.577. The van der Waals surface area contributed by atoms with Crippen LogP contribution in [0, 0.1) is 5.92 Å². The molecule has 0 aromatic heterocycles. The van der Waals surface area contributed by atoms with E-state index in [1.54, 1.807) is 7.11 Å². The summed E-state index contributed by atoms with van der Waals surface area (Å²) in [7, 11) is 1.69. The highest BCUT2D eigenvalue weighted by molar-refractivity contribution is 5.87. The molecule has 1 aliphatic rings. The number of ether oxygens (including phenoxy) is 1. The fourth-order valence-corrected chi connectivity index (χ4v) is 2.51. The highest BCUT2D eigenvalue weighted by Gasteiger charge is 2.24. The minimum Gasteiger partial charge on any atom is -0.383 e. The summed E-state index contributed by atoms with van der Waals surface area (Å²) < 4.78 is 5.10. The Hall–Kier alpha value is -0.600. The van der Waals surface area contributed by atoms with E-state index in [0.717, 1.165) is 25.9 Å². The molecule has 0 spiro atoms. The van der Waals surface area contributed by atoms with E-state index in [1.165, 1.54) is 0 Å². The van der Waals surface area contributed by atoms with Gasteiger partial charge in [0.15, 0.2) is 0 Å². The predicted molar refractivity (Wildman–Crippen MR) is 99.8 cm³/mol. The average molecular weight is 387 g/mol. The molecule has 0 radical (unpaired) electrons. The molecule has 2 atom stereocenters. The van der Waals surface area contributed by atoms with Crippen molar-refractivity contribution >= 4 is 36.6 Å². The monoisotopic (exact) mass is 386 g/mol. The van der Waals surface area contributed by atoms with E-state index >= 15 is 0 Å². The Morgan fingerprint density at radius 3 is 2.54 bits per heavy atom. The zero-order valence-electron chi connectivity index (χ0n) is 14.7. The third-order valence-corrected chi connectivity index (χ3v) is 4.06. The molecule has 0 aromatic rings. The number of likely N-dealkylation sites (tertiary alicyclic amines) is 1. The molecule has 1 saturated heterocycles. The Morgan fingerprint density at radius 1 is 1.29 bits per heavy atom. The molecule has 1 heterocycles. The summed E-state index contributed by atoms with van der Waals surface area (Å²) in [6.45, 7) is 6.96. The quantitative estimate of drug-likeness (QED) is 0.524. The molecule has 0 aliphatic carbocycles. The lowest BCUT2D eigenvalue weighted by Crippen LogP contribution is -2.48. The van der Waals surface area contributed by atoms with Crippen LogP contribution in [-0.2, 0) is 14.3 Å². The molecule has 1 rings (SSSR count). The van der Waals surface area contributed by atoms with Crippen molar-refractivity contribution in [3.8, 4) is 0 Å². The number of amides is 2. The lowest BCUT2D eigenvalue weighted by atomic mass is 10.1. The second-order valence-electron chi connectivity index (χ2n) is 6.12. The zero-order valence-corrected chi connectivity index (χ0v) is 16.4. The maximum absolute atomic E-state index is 11.8.